The maximum atomic E-state index is 11.9. The minimum absolute atomic E-state index is 0.143. The summed E-state index contributed by atoms with van der Waals surface area (Å²) in [6, 6.07) is 3.51. The number of carbonyl (C=O) groups excluding carboxylic acids is 1. The lowest BCUT2D eigenvalue weighted by molar-refractivity contribution is 0.0376. The van der Waals surface area contributed by atoms with Gasteiger partial charge in [-0.15, -0.1) is 0 Å². The molecule has 0 atom stereocenters. The van der Waals surface area contributed by atoms with E-state index in [-0.39, 0.29) is 12.1 Å². The second-order valence-corrected chi connectivity index (χ2v) is 5.14. The van der Waals surface area contributed by atoms with Crippen LogP contribution in [0.25, 0.3) is 0 Å². The minimum atomic E-state index is -0.339. The van der Waals surface area contributed by atoms with Gasteiger partial charge in [0.2, 0.25) is 0 Å². The van der Waals surface area contributed by atoms with E-state index >= 15 is 0 Å². The van der Waals surface area contributed by atoms with E-state index in [9.17, 15) is 4.79 Å². The van der Waals surface area contributed by atoms with Crippen molar-refractivity contribution in [2.24, 2.45) is 0 Å². The first-order valence-electron chi connectivity index (χ1n) is 5.13. The van der Waals surface area contributed by atoms with Gasteiger partial charge in [0.1, 0.15) is 5.75 Å². The second-order valence-electron chi connectivity index (χ2n) is 3.72. The Morgan fingerprint density at radius 2 is 2.06 bits per heavy atom. The van der Waals surface area contributed by atoms with E-state index in [4.69, 9.17) is 9.47 Å². The molecule has 17 heavy (non-hydrogen) atoms. The smallest absolute Gasteiger partial charge is 0.338 e. The van der Waals surface area contributed by atoms with Crippen LogP contribution in [0.2, 0.25) is 0 Å². The number of rotatable bonds is 4. The number of alkyl halides is 1. The Bertz CT molecular complexity index is 416. The number of benzene rings is 1. The zero-order valence-corrected chi connectivity index (χ0v) is 13.1. The number of hydrogen-bond donors (Lipinski definition) is 0. The average molecular weight is 366 g/mol. The topological polar surface area (TPSA) is 35.5 Å². The number of hydrogen-bond acceptors (Lipinski definition) is 3. The van der Waals surface area contributed by atoms with Crippen molar-refractivity contribution in [1.82, 2.24) is 0 Å². The van der Waals surface area contributed by atoms with E-state index in [1.165, 1.54) is 0 Å². The van der Waals surface area contributed by atoms with E-state index in [0.717, 1.165) is 10.0 Å². The van der Waals surface area contributed by atoms with Crippen LogP contribution in [-0.2, 0) is 10.1 Å². The van der Waals surface area contributed by atoms with E-state index in [1.54, 1.807) is 13.2 Å². The molecule has 1 aromatic rings. The Kier molecular flexibility index (Phi) is 5.46. The molecule has 1 aromatic carbocycles. The quantitative estimate of drug-likeness (QED) is 0.599. The fourth-order valence-electron chi connectivity index (χ4n) is 1.33. The highest BCUT2D eigenvalue weighted by atomic mass is 79.9. The van der Waals surface area contributed by atoms with Crippen LogP contribution < -0.4 is 4.74 Å². The van der Waals surface area contributed by atoms with Crippen LogP contribution in [0.15, 0.2) is 16.6 Å². The summed E-state index contributed by atoms with van der Waals surface area (Å²) in [6.45, 7) is 3.64. The van der Waals surface area contributed by atoms with Crippen molar-refractivity contribution in [2.75, 3.05) is 7.11 Å². The highest BCUT2D eigenvalue weighted by molar-refractivity contribution is 9.10. The second kappa shape index (κ2) is 6.40. The van der Waals surface area contributed by atoms with Gasteiger partial charge in [0, 0.05) is 9.80 Å². The van der Waals surface area contributed by atoms with E-state index in [1.807, 2.05) is 19.9 Å². The van der Waals surface area contributed by atoms with Crippen molar-refractivity contribution in [1.29, 1.82) is 0 Å². The maximum absolute atomic E-state index is 11.9. The molecule has 0 aromatic heterocycles. The van der Waals surface area contributed by atoms with Crippen molar-refractivity contribution >= 4 is 37.8 Å². The molecule has 5 heteroatoms. The molecule has 3 nitrogen and oxygen atoms in total. The third-order valence-corrected chi connectivity index (χ3v) is 3.37. The molecule has 0 N–H and O–H groups in total. The van der Waals surface area contributed by atoms with Gasteiger partial charge in [-0.2, -0.15) is 0 Å². The fourth-order valence-corrected chi connectivity index (χ4v) is 2.88. The van der Waals surface area contributed by atoms with Crippen LogP contribution in [-0.4, -0.2) is 19.2 Å². The lowest BCUT2D eigenvalue weighted by atomic mass is 10.1. The molecule has 1 rings (SSSR count). The number of ether oxygens (including phenoxy) is 2. The summed E-state index contributed by atoms with van der Waals surface area (Å²) in [5.41, 5.74) is 1.37. The summed E-state index contributed by atoms with van der Waals surface area (Å²) in [5, 5.41) is 0.570. The molecule has 0 fully saturated rings. The van der Waals surface area contributed by atoms with E-state index in [2.05, 4.69) is 31.9 Å². The van der Waals surface area contributed by atoms with E-state index in [0.29, 0.717) is 16.6 Å². The normalized spacial score (nSPS) is 10.5. The standard InChI is InChI=1S/C12H14Br2O3/c1-7(2)17-12(15)9-4-8(16-3)5-11(14)10(9)6-13/h4-5,7H,6H2,1-3H3. The van der Waals surface area contributed by atoms with Crippen LogP contribution in [0.4, 0.5) is 0 Å². The van der Waals surface area contributed by atoms with Gasteiger partial charge >= 0.3 is 5.97 Å². The van der Waals surface area contributed by atoms with Gasteiger partial charge in [-0.3, -0.25) is 0 Å². The molecule has 0 unspecified atom stereocenters. The lowest BCUT2D eigenvalue weighted by Gasteiger charge is -2.13. The van der Waals surface area contributed by atoms with Gasteiger partial charge in [-0.25, -0.2) is 4.79 Å². The zero-order valence-electron chi connectivity index (χ0n) is 9.92. The summed E-state index contributed by atoms with van der Waals surface area (Å²) in [5.74, 6) is 0.284. The molecule has 0 aliphatic heterocycles. The third-order valence-electron chi connectivity index (χ3n) is 2.10. The van der Waals surface area contributed by atoms with Crippen molar-refractivity contribution in [3.05, 3.63) is 27.7 Å². The number of halogens is 2. The first-order valence-corrected chi connectivity index (χ1v) is 7.04. The molecule has 0 amide bonds. The van der Waals surface area contributed by atoms with Crippen LogP contribution in [0.5, 0.6) is 5.75 Å². The van der Waals surface area contributed by atoms with Crippen molar-refractivity contribution < 1.29 is 14.3 Å². The van der Waals surface area contributed by atoms with Crippen molar-refractivity contribution in [2.45, 2.75) is 25.3 Å². The molecular weight excluding hydrogens is 352 g/mol. The SMILES string of the molecule is COc1cc(Br)c(CBr)c(C(=O)OC(C)C)c1. The number of methoxy groups -OCH3 is 1. The average Bonchev–Trinajstić information content (AvgIpc) is 2.26. The highest BCUT2D eigenvalue weighted by Crippen LogP contribution is 2.29. The Labute approximate surface area is 118 Å². The van der Waals surface area contributed by atoms with Gasteiger partial charge in [-0.05, 0) is 31.5 Å². The molecule has 0 saturated heterocycles. The number of carbonyl (C=O) groups is 1. The Morgan fingerprint density at radius 3 is 2.53 bits per heavy atom. The van der Waals surface area contributed by atoms with E-state index < -0.39 is 0 Å². The number of esters is 1. The molecule has 0 bridgehead atoms. The van der Waals surface area contributed by atoms with Gasteiger partial charge in [0.05, 0.1) is 18.8 Å². The molecule has 0 spiro atoms. The molecular formula is C12H14Br2O3. The summed E-state index contributed by atoms with van der Waals surface area (Å²) in [7, 11) is 1.56. The van der Waals surface area contributed by atoms with Crippen LogP contribution >= 0.6 is 31.9 Å². The molecule has 0 aliphatic rings. The van der Waals surface area contributed by atoms with Crippen molar-refractivity contribution in [3.8, 4) is 5.75 Å². The highest BCUT2D eigenvalue weighted by Gasteiger charge is 2.17. The Morgan fingerprint density at radius 1 is 1.41 bits per heavy atom. The summed E-state index contributed by atoms with van der Waals surface area (Å²) < 4.78 is 11.2. The van der Waals surface area contributed by atoms with Gasteiger partial charge < -0.3 is 9.47 Å². The van der Waals surface area contributed by atoms with Crippen LogP contribution in [0, 0.1) is 0 Å². The lowest BCUT2D eigenvalue weighted by Crippen LogP contribution is -2.13. The Hall–Kier alpha value is -0.550. The summed E-state index contributed by atoms with van der Waals surface area (Å²) in [4.78, 5) is 11.9. The first-order chi connectivity index (χ1) is 7.99. The van der Waals surface area contributed by atoms with Crippen LogP contribution in [0.1, 0.15) is 29.8 Å². The molecule has 0 saturated carbocycles. The van der Waals surface area contributed by atoms with Gasteiger partial charge in [0.15, 0.2) is 0 Å². The molecule has 0 heterocycles. The maximum Gasteiger partial charge on any atom is 0.338 e. The fraction of sp³-hybridized carbons (Fsp3) is 0.417. The van der Waals surface area contributed by atoms with Crippen LogP contribution in [0.3, 0.4) is 0 Å². The summed E-state index contributed by atoms with van der Waals surface area (Å²) in [6.07, 6.45) is -0.143. The zero-order chi connectivity index (χ0) is 13.0. The predicted octanol–water partition coefficient (Wildman–Crippen LogP) is 3.92. The van der Waals surface area contributed by atoms with Crippen molar-refractivity contribution in [3.63, 3.8) is 0 Å². The monoisotopic (exact) mass is 364 g/mol. The third kappa shape index (κ3) is 3.71. The predicted molar refractivity (Wildman–Crippen MR) is 73.9 cm³/mol. The molecule has 94 valence electrons. The largest absolute Gasteiger partial charge is 0.497 e. The molecule has 0 aliphatic carbocycles. The first kappa shape index (κ1) is 14.5. The minimum Gasteiger partial charge on any atom is -0.497 e. The van der Waals surface area contributed by atoms with Gasteiger partial charge in [0.25, 0.3) is 0 Å². The van der Waals surface area contributed by atoms with Gasteiger partial charge in [-0.1, -0.05) is 31.9 Å². The molecule has 0 radical (unpaired) electrons. The summed E-state index contributed by atoms with van der Waals surface area (Å²) >= 11 is 6.78. The Balaban J connectivity index is 3.19.